The second kappa shape index (κ2) is 9.29. The fourth-order valence-electron chi connectivity index (χ4n) is 1.86. The molecule has 1 aromatic heterocycles. The van der Waals surface area contributed by atoms with Crippen LogP contribution in [-0.2, 0) is 11.4 Å². The normalized spacial score (nSPS) is 10.4. The van der Waals surface area contributed by atoms with Crippen molar-refractivity contribution in [3.63, 3.8) is 0 Å². The molecular weight excluding hydrogens is 348 g/mol. The van der Waals surface area contributed by atoms with E-state index in [1.165, 1.54) is 11.8 Å². The van der Waals surface area contributed by atoms with Gasteiger partial charge in [-0.15, -0.1) is 23.1 Å². The van der Waals surface area contributed by atoms with Gasteiger partial charge in [0.25, 0.3) is 5.91 Å². The first-order valence-electron chi connectivity index (χ1n) is 7.26. The van der Waals surface area contributed by atoms with E-state index in [1.54, 1.807) is 35.6 Å². The molecule has 0 bridgehead atoms. The largest absolute Gasteiger partial charge is 0.487 e. The van der Waals surface area contributed by atoms with Crippen molar-refractivity contribution >= 4 is 35.0 Å². The lowest BCUT2D eigenvalue weighted by molar-refractivity contribution is -0.133. The van der Waals surface area contributed by atoms with Crippen LogP contribution in [0.2, 0.25) is 0 Å². The maximum Gasteiger partial charge on any atom is 0.313 e. The van der Waals surface area contributed by atoms with Crippen molar-refractivity contribution < 1.29 is 19.4 Å². The van der Waals surface area contributed by atoms with Crippen molar-refractivity contribution in [1.82, 2.24) is 10.3 Å². The molecule has 128 valence electrons. The van der Waals surface area contributed by atoms with E-state index in [0.717, 1.165) is 10.7 Å². The number of benzene rings is 1. The highest BCUT2D eigenvalue weighted by Gasteiger charge is 2.07. The number of hydrogen-bond donors (Lipinski definition) is 2. The van der Waals surface area contributed by atoms with Gasteiger partial charge in [0, 0.05) is 23.2 Å². The number of thiazole rings is 1. The zero-order valence-corrected chi connectivity index (χ0v) is 14.8. The van der Waals surface area contributed by atoms with E-state index in [1.807, 2.05) is 12.3 Å². The first kappa shape index (κ1) is 18.3. The number of aryl methyl sites for hydroxylation is 1. The Morgan fingerprint density at radius 3 is 2.96 bits per heavy atom. The Morgan fingerprint density at radius 1 is 1.42 bits per heavy atom. The van der Waals surface area contributed by atoms with Gasteiger partial charge in [0.15, 0.2) is 0 Å². The van der Waals surface area contributed by atoms with Crippen LogP contribution in [-0.4, -0.2) is 40.0 Å². The summed E-state index contributed by atoms with van der Waals surface area (Å²) in [5.74, 6) is 0.132. The molecule has 1 amide bonds. The Balaban J connectivity index is 1.80. The first-order valence-corrected chi connectivity index (χ1v) is 9.29. The number of ether oxygens (including phenoxy) is 1. The highest BCUT2D eigenvalue weighted by Crippen LogP contribution is 2.16. The van der Waals surface area contributed by atoms with Gasteiger partial charge >= 0.3 is 5.97 Å². The highest BCUT2D eigenvalue weighted by molar-refractivity contribution is 7.99. The molecule has 0 aliphatic carbocycles. The Labute approximate surface area is 148 Å². The molecule has 0 spiro atoms. The lowest BCUT2D eigenvalue weighted by Crippen LogP contribution is -2.26. The average molecular weight is 366 g/mol. The van der Waals surface area contributed by atoms with Gasteiger partial charge in [-0.05, 0) is 25.1 Å². The number of rotatable bonds is 9. The van der Waals surface area contributed by atoms with E-state index in [0.29, 0.717) is 30.2 Å². The Hall–Kier alpha value is -2.06. The van der Waals surface area contributed by atoms with Gasteiger partial charge in [-0.25, -0.2) is 4.98 Å². The third kappa shape index (κ3) is 6.21. The minimum Gasteiger partial charge on any atom is -0.487 e. The molecule has 0 atom stereocenters. The van der Waals surface area contributed by atoms with Crippen LogP contribution in [0.1, 0.15) is 21.1 Å². The molecule has 0 unspecified atom stereocenters. The molecule has 1 heterocycles. The average Bonchev–Trinajstić information content (AvgIpc) is 2.98. The zero-order valence-electron chi connectivity index (χ0n) is 13.2. The predicted molar refractivity (Wildman–Crippen MR) is 94.9 cm³/mol. The van der Waals surface area contributed by atoms with Crippen LogP contribution in [0.5, 0.6) is 5.75 Å². The summed E-state index contributed by atoms with van der Waals surface area (Å²) in [6.45, 7) is 2.72. The van der Waals surface area contributed by atoms with E-state index in [-0.39, 0.29) is 11.7 Å². The molecule has 0 saturated carbocycles. The molecule has 24 heavy (non-hydrogen) atoms. The van der Waals surface area contributed by atoms with E-state index in [9.17, 15) is 9.59 Å². The molecule has 0 aliphatic heterocycles. The van der Waals surface area contributed by atoms with Crippen LogP contribution in [0.3, 0.4) is 0 Å². The summed E-state index contributed by atoms with van der Waals surface area (Å²) in [5, 5.41) is 14.2. The molecule has 2 rings (SSSR count). The number of carboxylic acid groups (broad SMARTS) is 1. The summed E-state index contributed by atoms with van der Waals surface area (Å²) in [6.07, 6.45) is 0. The van der Waals surface area contributed by atoms with Crippen molar-refractivity contribution in [3.8, 4) is 5.75 Å². The quantitative estimate of drug-likeness (QED) is 0.663. The van der Waals surface area contributed by atoms with Crippen LogP contribution < -0.4 is 10.1 Å². The van der Waals surface area contributed by atoms with E-state index in [2.05, 4.69) is 10.3 Å². The predicted octanol–water partition coefficient (Wildman–Crippen LogP) is 2.58. The van der Waals surface area contributed by atoms with Gasteiger partial charge in [-0.2, -0.15) is 0 Å². The molecule has 0 fully saturated rings. The van der Waals surface area contributed by atoms with Gasteiger partial charge in [-0.1, -0.05) is 6.07 Å². The molecule has 0 saturated heterocycles. The number of nitrogens with one attached hydrogen (secondary N) is 1. The lowest BCUT2D eigenvalue weighted by Gasteiger charge is -2.08. The third-order valence-corrected chi connectivity index (χ3v) is 4.67. The number of carbonyl (C=O) groups is 2. The molecule has 6 nitrogen and oxygen atoms in total. The fraction of sp³-hybridized carbons (Fsp3) is 0.312. The lowest BCUT2D eigenvalue weighted by atomic mass is 10.2. The Morgan fingerprint density at radius 2 is 2.25 bits per heavy atom. The summed E-state index contributed by atoms with van der Waals surface area (Å²) in [4.78, 5) is 26.8. The molecule has 2 N–H and O–H groups in total. The van der Waals surface area contributed by atoms with E-state index < -0.39 is 5.97 Å². The molecule has 2 aromatic rings. The molecular formula is C16H18N2O4S2. The molecule has 1 aromatic carbocycles. The molecule has 0 aliphatic rings. The standard InChI is InChI=1S/C16H18N2O4S2/c1-11-18-13(9-24-11)8-22-14-4-2-3-12(7-14)16(21)17-5-6-23-10-15(19)20/h2-4,7,9H,5-6,8,10H2,1H3,(H,17,21)(H,19,20). The number of nitrogens with zero attached hydrogens (tertiary/aromatic N) is 1. The summed E-state index contributed by atoms with van der Waals surface area (Å²) < 4.78 is 5.66. The van der Waals surface area contributed by atoms with Gasteiger partial charge in [-0.3, -0.25) is 9.59 Å². The van der Waals surface area contributed by atoms with Gasteiger partial charge in [0.2, 0.25) is 0 Å². The Bertz CT molecular complexity index is 703. The summed E-state index contributed by atoms with van der Waals surface area (Å²) in [5.41, 5.74) is 1.37. The van der Waals surface area contributed by atoms with Crippen molar-refractivity contribution in [2.24, 2.45) is 0 Å². The van der Waals surface area contributed by atoms with Crippen LogP contribution in [0.15, 0.2) is 29.6 Å². The van der Waals surface area contributed by atoms with Crippen molar-refractivity contribution in [2.45, 2.75) is 13.5 Å². The SMILES string of the molecule is Cc1nc(COc2cccc(C(=O)NCCSCC(=O)O)c2)cs1. The maximum absolute atomic E-state index is 12.1. The van der Waals surface area contributed by atoms with Crippen molar-refractivity contribution in [3.05, 3.63) is 45.9 Å². The van der Waals surface area contributed by atoms with Crippen molar-refractivity contribution in [1.29, 1.82) is 0 Å². The van der Waals surface area contributed by atoms with E-state index in [4.69, 9.17) is 9.84 Å². The summed E-state index contributed by atoms with van der Waals surface area (Å²) in [7, 11) is 0. The summed E-state index contributed by atoms with van der Waals surface area (Å²) >= 11 is 2.83. The molecule has 8 heteroatoms. The number of aliphatic carboxylic acids is 1. The highest BCUT2D eigenvalue weighted by atomic mass is 32.2. The number of hydrogen-bond acceptors (Lipinski definition) is 6. The van der Waals surface area contributed by atoms with Gasteiger partial charge < -0.3 is 15.2 Å². The second-order valence-electron chi connectivity index (χ2n) is 4.88. The smallest absolute Gasteiger partial charge is 0.313 e. The van der Waals surface area contributed by atoms with Gasteiger partial charge in [0.1, 0.15) is 12.4 Å². The molecule has 0 radical (unpaired) electrons. The van der Waals surface area contributed by atoms with Crippen LogP contribution in [0.4, 0.5) is 0 Å². The van der Waals surface area contributed by atoms with E-state index >= 15 is 0 Å². The zero-order chi connectivity index (χ0) is 17.4. The fourth-order valence-corrected chi connectivity index (χ4v) is 3.02. The monoisotopic (exact) mass is 366 g/mol. The minimum absolute atomic E-state index is 0.0370. The first-order chi connectivity index (χ1) is 11.5. The number of carboxylic acids is 1. The van der Waals surface area contributed by atoms with Gasteiger partial charge in [0.05, 0.1) is 16.5 Å². The van der Waals surface area contributed by atoms with Crippen LogP contribution in [0, 0.1) is 6.92 Å². The number of carbonyl (C=O) groups excluding carboxylic acids is 1. The topological polar surface area (TPSA) is 88.5 Å². The summed E-state index contributed by atoms with van der Waals surface area (Å²) in [6, 6.07) is 6.94. The number of aromatic nitrogens is 1. The van der Waals surface area contributed by atoms with Crippen molar-refractivity contribution in [2.75, 3.05) is 18.1 Å². The Kier molecular flexibility index (Phi) is 7.07. The van der Waals surface area contributed by atoms with Crippen LogP contribution in [0.25, 0.3) is 0 Å². The third-order valence-electron chi connectivity index (χ3n) is 2.91. The van der Waals surface area contributed by atoms with Crippen LogP contribution >= 0.6 is 23.1 Å². The second-order valence-corrected chi connectivity index (χ2v) is 7.04. The number of amides is 1. The number of thioether (sulfide) groups is 1. The maximum atomic E-state index is 12.1. The minimum atomic E-state index is -0.855.